The predicted molar refractivity (Wildman–Crippen MR) is 52.7 cm³/mol. The molecular formula is C11H14FN. The summed E-state index contributed by atoms with van der Waals surface area (Å²) in [7, 11) is 0. The van der Waals surface area contributed by atoms with E-state index in [2.05, 4.69) is 19.2 Å². The third kappa shape index (κ3) is 1.21. The lowest BCUT2D eigenvalue weighted by atomic mass is 9.86. The van der Waals surface area contributed by atoms with Crippen molar-refractivity contribution < 1.29 is 4.39 Å². The van der Waals surface area contributed by atoms with Gasteiger partial charge in [-0.15, -0.1) is 0 Å². The summed E-state index contributed by atoms with van der Waals surface area (Å²) in [6, 6.07) is 3.55. The molecule has 0 aromatic heterocycles. The third-order valence-electron chi connectivity index (χ3n) is 2.75. The van der Waals surface area contributed by atoms with Gasteiger partial charge in [-0.05, 0) is 24.1 Å². The van der Waals surface area contributed by atoms with Gasteiger partial charge in [0.25, 0.3) is 0 Å². The van der Waals surface area contributed by atoms with E-state index < -0.39 is 0 Å². The normalized spacial score (nSPS) is 18.2. The lowest BCUT2D eigenvalue weighted by Gasteiger charge is -2.17. The summed E-state index contributed by atoms with van der Waals surface area (Å²) in [5.41, 5.74) is 3.04. The average molecular weight is 179 g/mol. The predicted octanol–water partition coefficient (Wildman–Crippen LogP) is 2.84. The Hall–Kier alpha value is -1.05. The van der Waals surface area contributed by atoms with Gasteiger partial charge in [-0.1, -0.05) is 19.9 Å². The fourth-order valence-electron chi connectivity index (χ4n) is 1.80. The maximum Gasteiger partial charge on any atom is 0.128 e. The second kappa shape index (κ2) is 2.47. The molecule has 1 aromatic rings. The van der Waals surface area contributed by atoms with Crippen molar-refractivity contribution in [3.63, 3.8) is 0 Å². The van der Waals surface area contributed by atoms with Gasteiger partial charge < -0.3 is 5.32 Å². The molecule has 0 atom stereocenters. The summed E-state index contributed by atoms with van der Waals surface area (Å²) < 4.78 is 13.2. The zero-order chi connectivity index (χ0) is 9.64. The van der Waals surface area contributed by atoms with Crippen LogP contribution in [0.4, 0.5) is 10.1 Å². The molecule has 2 heteroatoms. The van der Waals surface area contributed by atoms with Gasteiger partial charge in [0.1, 0.15) is 5.82 Å². The van der Waals surface area contributed by atoms with Crippen LogP contribution in [-0.2, 0) is 5.41 Å². The molecule has 1 aliphatic rings. The fraction of sp³-hybridized carbons (Fsp3) is 0.455. The molecule has 0 unspecified atom stereocenters. The maximum absolute atomic E-state index is 13.2. The molecule has 0 fully saturated rings. The average Bonchev–Trinajstić information content (AvgIpc) is 2.31. The molecule has 0 aliphatic carbocycles. The van der Waals surface area contributed by atoms with Crippen molar-refractivity contribution in [1.82, 2.24) is 0 Å². The van der Waals surface area contributed by atoms with Crippen LogP contribution < -0.4 is 5.32 Å². The Labute approximate surface area is 78.0 Å². The molecule has 1 N–H and O–H groups in total. The van der Waals surface area contributed by atoms with Gasteiger partial charge in [-0.25, -0.2) is 4.39 Å². The van der Waals surface area contributed by atoms with Crippen molar-refractivity contribution in [3.8, 4) is 0 Å². The summed E-state index contributed by atoms with van der Waals surface area (Å²) >= 11 is 0. The lowest BCUT2D eigenvalue weighted by Crippen LogP contribution is -2.18. The third-order valence-corrected chi connectivity index (χ3v) is 2.75. The molecule has 0 saturated heterocycles. The van der Waals surface area contributed by atoms with Crippen LogP contribution in [0.15, 0.2) is 12.1 Å². The molecule has 0 amide bonds. The van der Waals surface area contributed by atoms with Gasteiger partial charge >= 0.3 is 0 Å². The van der Waals surface area contributed by atoms with Crippen LogP contribution in [0.1, 0.15) is 25.0 Å². The Morgan fingerprint density at radius 2 is 2.08 bits per heavy atom. The first-order valence-corrected chi connectivity index (χ1v) is 4.55. The summed E-state index contributed by atoms with van der Waals surface area (Å²) in [6.45, 7) is 7.04. The van der Waals surface area contributed by atoms with Gasteiger partial charge in [0.05, 0.1) is 0 Å². The standard InChI is InChI=1S/C11H14FN/c1-7-4-8-10(5-9(7)12)13-6-11(8,2)3/h4-5,13H,6H2,1-3H3. The molecule has 13 heavy (non-hydrogen) atoms. The number of hydrogen-bond donors (Lipinski definition) is 1. The molecule has 1 aliphatic heterocycles. The molecule has 0 saturated carbocycles. The number of halogens is 1. The summed E-state index contributed by atoms with van der Waals surface area (Å²) in [4.78, 5) is 0. The zero-order valence-corrected chi connectivity index (χ0v) is 8.24. The number of nitrogens with one attached hydrogen (secondary N) is 1. The Kier molecular flexibility index (Phi) is 1.62. The largest absolute Gasteiger partial charge is 0.384 e. The second-order valence-corrected chi connectivity index (χ2v) is 4.38. The van der Waals surface area contributed by atoms with Crippen molar-refractivity contribution >= 4 is 5.69 Å². The van der Waals surface area contributed by atoms with E-state index in [9.17, 15) is 4.39 Å². The molecule has 1 nitrogen and oxygen atoms in total. The minimum atomic E-state index is -0.121. The Balaban J connectivity index is 2.61. The van der Waals surface area contributed by atoms with Crippen molar-refractivity contribution in [2.24, 2.45) is 0 Å². The first-order chi connectivity index (χ1) is 6.00. The number of benzene rings is 1. The van der Waals surface area contributed by atoms with Crippen LogP contribution in [0.3, 0.4) is 0 Å². The molecule has 0 spiro atoms. The van der Waals surface area contributed by atoms with Crippen LogP contribution >= 0.6 is 0 Å². The number of hydrogen-bond acceptors (Lipinski definition) is 1. The van der Waals surface area contributed by atoms with Crippen molar-refractivity contribution in [2.45, 2.75) is 26.2 Å². The number of fused-ring (bicyclic) bond motifs is 1. The summed E-state index contributed by atoms with van der Waals surface area (Å²) in [5.74, 6) is -0.121. The van der Waals surface area contributed by atoms with Gasteiger partial charge in [-0.3, -0.25) is 0 Å². The van der Waals surface area contributed by atoms with E-state index in [4.69, 9.17) is 0 Å². The van der Waals surface area contributed by atoms with Crippen LogP contribution in [0, 0.1) is 12.7 Å². The molecule has 0 radical (unpaired) electrons. The highest BCUT2D eigenvalue weighted by Crippen LogP contribution is 2.37. The SMILES string of the molecule is Cc1cc2c(cc1F)NCC2(C)C. The summed E-state index contributed by atoms with van der Waals surface area (Å²) in [5, 5.41) is 3.22. The first-order valence-electron chi connectivity index (χ1n) is 4.55. The van der Waals surface area contributed by atoms with Crippen LogP contribution in [-0.4, -0.2) is 6.54 Å². The molecule has 2 rings (SSSR count). The molecule has 0 bridgehead atoms. The highest BCUT2D eigenvalue weighted by Gasteiger charge is 2.30. The maximum atomic E-state index is 13.2. The van der Waals surface area contributed by atoms with E-state index in [0.717, 1.165) is 17.8 Å². The lowest BCUT2D eigenvalue weighted by molar-refractivity contribution is 0.582. The van der Waals surface area contributed by atoms with Crippen molar-refractivity contribution in [2.75, 3.05) is 11.9 Å². The first kappa shape index (κ1) is 8.54. The number of anilines is 1. The van der Waals surface area contributed by atoms with Crippen molar-refractivity contribution in [1.29, 1.82) is 0 Å². The second-order valence-electron chi connectivity index (χ2n) is 4.38. The zero-order valence-electron chi connectivity index (χ0n) is 8.24. The van der Waals surface area contributed by atoms with Gasteiger partial charge in [0.15, 0.2) is 0 Å². The molecule has 70 valence electrons. The van der Waals surface area contributed by atoms with Gasteiger partial charge in [0, 0.05) is 17.6 Å². The van der Waals surface area contributed by atoms with E-state index in [-0.39, 0.29) is 11.2 Å². The Morgan fingerprint density at radius 3 is 2.77 bits per heavy atom. The van der Waals surface area contributed by atoms with E-state index in [1.165, 1.54) is 5.56 Å². The topological polar surface area (TPSA) is 12.0 Å². The van der Waals surface area contributed by atoms with Gasteiger partial charge in [-0.2, -0.15) is 0 Å². The number of rotatable bonds is 0. The summed E-state index contributed by atoms with van der Waals surface area (Å²) in [6.07, 6.45) is 0. The van der Waals surface area contributed by atoms with E-state index in [0.29, 0.717) is 0 Å². The highest BCUT2D eigenvalue weighted by atomic mass is 19.1. The minimum absolute atomic E-state index is 0.121. The van der Waals surface area contributed by atoms with Crippen LogP contribution in [0.5, 0.6) is 0 Å². The van der Waals surface area contributed by atoms with E-state index in [1.54, 1.807) is 6.07 Å². The smallest absolute Gasteiger partial charge is 0.128 e. The fourth-order valence-corrected chi connectivity index (χ4v) is 1.80. The van der Waals surface area contributed by atoms with Crippen LogP contribution in [0.2, 0.25) is 0 Å². The monoisotopic (exact) mass is 179 g/mol. The molecular weight excluding hydrogens is 165 g/mol. The van der Waals surface area contributed by atoms with E-state index in [1.807, 2.05) is 13.0 Å². The Bertz CT molecular complexity index is 355. The molecule has 1 aromatic carbocycles. The minimum Gasteiger partial charge on any atom is -0.384 e. The quantitative estimate of drug-likeness (QED) is 0.645. The van der Waals surface area contributed by atoms with E-state index >= 15 is 0 Å². The van der Waals surface area contributed by atoms with Gasteiger partial charge in [0.2, 0.25) is 0 Å². The van der Waals surface area contributed by atoms with Crippen molar-refractivity contribution in [3.05, 3.63) is 29.1 Å². The highest BCUT2D eigenvalue weighted by molar-refractivity contribution is 5.61. The Morgan fingerprint density at radius 1 is 1.38 bits per heavy atom. The molecule has 1 heterocycles. The number of aryl methyl sites for hydroxylation is 1. The van der Waals surface area contributed by atoms with Crippen LogP contribution in [0.25, 0.3) is 0 Å².